The highest BCUT2D eigenvalue weighted by molar-refractivity contribution is 9.10. The van der Waals surface area contributed by atoms with Crippen LogP contribution in [0, 0.1) is 0 Å². The van der Waals surface area contributed by atoms with E-state index in [4.69, 9.17) is 4.74 Å². The smallest absolute Gasteiger partial charge is 0.248 e. The maximum Gasteiger partial charge on any atom is 0.248 e. The number of ether oxygens (including phenoxy) is 1. The molecule has 1 amide bonds. The largest absolute Gasteiger partial charge is 0.488 e. The number of nitrogens with one attached hydrogen (secondary N) is 2. The van der Waals surface area contributed by atoms with Crippen LogP contribution < -0.4 is 15.4 Å². The lowest BCUT2D eigenvalue weighted by molar-refractivity contribution is -0.111. The molecule has 0 saturated carbocycles. The fourth-order valence-corrected chi connectivity index (χ4v) is 4.09. The molecule has 0 aliphatic carbocycles. The number of fused-ring (bicyclic) bond motifs is 1. The Balaban J connectivity index is 1.71. The molecule has 0 radical (unpaired) electrons. The molecule has 1 aliphatic heterocycles. The van der Waals surface area contributed by atoms with Crippen molar-refractivity contribution in [3.05, 3.63) is 59.4 Å². The first-order valence-corrected chi connectivity index (χ1v) is 11.4. The number of likely N-dealkylation sites (tertiary alicyclic amines) is 1. The molecule has 0 unspecified atom stereocenters. The zero-order chi connectivity index (χ0) is 22.5. The summed E-state index contributed by atoms with van der Waals surface area (Å²) in [6, 6.07) is 11.6. The molecular formula is C24H26BrN5O2. The summed E-state index contributed by atoms with van der Waals surface area (Å²) in [4.78, 5) is 23.5. The number of carbonyl (C=O) groups is 1. The summed E-state index contributed by atoms with van der Waals surface area (Å²) in [6.07, 6.45) is 6.71. The van der Waals surface area contributed by atoms with Crippen LogP contribution in [0.5, 0.6) is 5.75 Å². The number of benzene rings is 2. The SMILES string of the molecule is CC=CC(=O)Nc1cc2c(Nc3cccc(Br)c3)ncnc2cc1OC1CCN(C)CC1. The first kappa shape index (κ1) is 22.2. The minimum atomic E-state index is -0.210. The number of aromatic nitrogens is 2. The second-order valence-electron chi connectivity index (χ2n) is 7.83. The zero-order valence-electron chi connectivity index (χ0n) is 18.1. The number of halogens is 1. The van der Waals surface area contributed by atoms with E-state index < -0.39 is 0 Å². The van der Waals surface area contributed by atoms with Gasteiger partial charge in [-0.3, -0.25) is 4.79 Å². The maximum atomic E-state index is 12.3. The van der Waals surface area contributed by atoms with Crippen LogP contribution in [0.1, 0.15) is 19.8 Å². The summed E-state index contributed by atoms with van der Waals surface area (Å²) < 4.78 is 7.31. The highest BCUT2D eigenvalue weighted by Gasteiger charge is 2.21. The Morgan fingerprint density at radius 1 is 1.22 bits per heavy atom. The molecule has 1 fully saturated rings. The third-order valence-electron chi connectivity index (χ3n) is 5.36. The fourth-order valence-electron chi connectivity index (χ4n) is 3.69. The molecule has 3 aromatic rings. The first-order valence-electron chi connectivity index (χ1n) is 10.6. The van der Waals surface area contributed by atoms with Crippen LogP contribution in [0.4, 0.5) is 17.2 Å². The topological polar surface area (TPSA) is 79.4 Å². The van der Waals surface area contributed by atoms with Crippen LogP contribution in [0.25, 0.3) is 10.9 Å². The van der Waals surface area contributed by atoms with Crippen molar-refractivity contribution in [2.75, 3.05) is 30.8 Å². The highest BCUT2D eigenvalue weighted by atomic mass is 79.9. The van der Waals surface area contributed by atoms with Gasteiger partial charge in [-0.15, -0.1) is 0 Å². The molecule has 1 aromatic heterocycles. The number of anilines is 3. The van der Waals surface area contributed by atoms with Gasteiger partial charge in [0, 0.05) is 34.7 Å². The van der Waals surface area contributed by atoms with Crippen LogP contribution >= 0.6 is 15.9 Å². The minimum Gasteiger partial charge on any atom is -0.488 e. The number of piperidine rings is 1. The van der Waals surface area contributed by atoms with Gasteiger partial charge in [-0.25, -0.2) is 9.97 Å². The Hall–Kier alpha value is -2.97. The zero-order valence-corrected chi connectivity index (χ0v) is 19.7. The number of amides is 1. The third kappa shape index (κ3) is 5.44. The highest BCUT2D eigenvalue weighted by Crippen LogP contribution is 2.35. The standard InChI is InChI=1S/C24H26BrN5O2/c1-3-5-23(31)29-21-13-19-20(14-22(21)32-18-8-10-30(2)11-9-18)26-15-27-24(19)28-17-7-4-6-16(25)12-17/h3-7,12-15,18H,8-11H2,1-2H3,(H,29,31)(H,26,27,28). The van der Waals surface area contributed by atoms with E-state index >= 15 is 0 Å². The summed E-state index contributed by atoms with van der Waals surface area (Å²) in [7, 11) is 2.12. The number of hydrogen-bond acceptors (Lipinski definition) is 6. The van der Waals surface area contributed by atoms with Crippen LogP contribution in [-0.2, 0) is 4.79 Å². The summed E-state index contributed by atoms with van der Waals surface area (Å²) >= 11 is 3.49. The molecule has 0 bridgehead atoms. The van der Waals surface area contributed by atoms with E-state index in [1.54, 1.807) is 6.08 Å². The maximum absolute atomic E-state index is 12.3. The molecule has 0 spiro atoms. The van der Waals surface area contributed by atoms with Gasteiger partial charge in [-0.1, -0.05) is 28.1 Å². The summed E-state index contributed by atoms with van der Waals surface area (Å²) in [5.41, 5.74) is 2.24. The molecule has 1 aliphatic rings. The Labute approximate surface area is 196 Å². The van der Waals surface area contributed by atoms with E-state index in [0.717, 1.165) is 47.0 Å². The summed E-state index contributed by atoms with van der Waals surface area (Å²) in [5.74, 6) is 1.07. The molecule has 8 heteroatoms. The second kappa shape index (κ2) is 10.1. The number of rotatable bonds is 6. The normalized spacial score (nSPS) is 15.2. The van der Waals surface area contributed by atoms with Crippen molar-refractivity contribution in [1.29, 1.82) is 0 Å². The molecule has 32 heavy (non-hydrogen) atoms. The van der Waals surface area contributed by atoms with E-state index in [1.165, 1.54) is 12.4 Å². The van der Waals surface area contributed by atoms with Gasteiger partial charge in [-0.2, -0.15) is 0 Å². The van der Waals surface area contributed by atoms with Crippen LogP contribution in [-0.4, -0.2) is 47.0 Å². The average molecular weight is 496 g/mol. The van der Waals surface area contributed by atoms with Gasteiger partial charge < -0.3 is 20.3 Å². The lowest BCUT2D eigenvalue weighted by Crippen LogP contribution is -2.35. The van der Waals surface area contributed by atoms with Crippen LogP contribution in [0.15, 0.2) is 59.4 Å². The van der Waals surface area contributed by atoms with Crippen LogP contribution in [0.2, 0.25) is 0 Å². The number of nitrogens with zero attached hydrogens (tertiary/aromatic N) is 3. The number of carbonyl (C=O) groups excluding carboxylic acids is 1. The van der Waals surface area contributed by atoms with E-state index in [9.17, 15) is 4.79 Å². The van der Waals surface area contributed by atoms with E-state index in [-0.39, 0.29) is 12.0 Å². The van der Waals surface area contributed by atoms with Crippen molar-refractivity contribution in [2.24, 2.45) is 0 Å². The summed E-state index contributed by atoms with van der Waals surface area (Å²) in [5, 5.41) is 7.09. The lowest BCUT2D eigenvalue weighted by Gasteiger charge is -2.30. The number of hydrogen-bond donors (Lipinski definition) is 2. The van der Waals surface area contributed by atoms with Crippen molar-refractivity contribution in [3.8, 4) is 5.75 Å². The van der Waals surface area contributed by atoms with Gasteiger partial charge >= 0.3 is 0 Å². The van der Waals surface area contributed by atoms with Gasteiger partial charge in [-0.05, 0) is 57.2 Å². The molecule has 166 valence electrons. The van der Waals surface area contributed by atoms with Crippen molar-refractivity contribution in [1.82, 2.24) is 14.9 Å². The van der Waals surface area contributed by atoms with Crippen molar-refractivity contribution in [2.45, 2.75) is 25.9 Å². The molecule has 2 N–H and O–H groups in total. The van der Waals surface area contributed by atoms with E-state index in [1.807, 2.05) is 43.3 Å². The van der Waals surface area contributed by atoms with Crippen molar-refractivity contribution in [3.63, 3.8) is 0 Å². The van der Waals surface area contributed by atoms with Gasteiger partial charge in [0.05, 0.1) is 11.2 Å². The third-order valence-corrected chi connectivity index (χ3v) is 5.85. The predicted octanol–water partition coefficient (Wildman–Crippen LogP) is 5.12. The number of allylic oxidation sites excluding steroid dienone is 1. The Bertz CT molecular complexity index is 1140. The fraction of sp³-hybridized carbons (Fsp3) is 0.292. The molecule has 1 saturated heterocycles. The molecule has 2 heterocycles. The van der Waals surface area contributed by atoms with E-state index in [0.29, 0.717) is 17.3 Å². The Morgan fingerprint density at radius 2 is 2.03 bits per heavy atom. The van der Waals surface area contributed by atoms with E-state index in [2.05, 4.69) is 48.5 Å². The Morgan fingerprint density at radius 3 is 2.78 bits per heavy atom. The Kier molecular flexibility index (Phi) is 7.02. The molecular weight excluding hydrogens is 470 g/mol. The van der Waals surface area contributed by atoms with Crippen molar-refractivity contribution < 1.29 is 9.53 Å². The molecule has 0 atom stereocenters. The van der Waals surface area contributed by atoms with Gasteiger partial charge in [0.2, 0.25) is 5.91 Å². The molecule has 4 rings (SSSR count). The van der Waals surface area contributed by atoms with Gasteiger partial charge in [0.25, 0.3) is 0 Å². The van der Waals surface area contributed by atoms with Crippen LogP contribution in [0.3, 0.4) is 0 Å². The quantitative estimate of drug-likeness (QED) is 0.461. The van der Waals surface area contributed by atoms with Gasteiger partial charge in [0.1, 0.15) is 24.0 Å². The first-order chi connectivity index (χ1) is 15.5. The van der Waals surface area contributed by atoms with Gasteiger partial charge in [0.15, 0.2) is 0 Å². The molecule has 2 aromatic carbocycles. The monoisotopic (exact) mass is 495 g/mol. The lowest BCUT2D eigenvalue weighted by atomic mass is 10.1. The molecule has 7 nitrogen and oxygen atoms in total. The summed E-state index contributed by atoms with van der Waals surface area (Å²) in [6.45, 7) is 3.78. The van der Waals surface area contributed by atoms with Crippen molar-refractivity contribution >= 4 is 49.9 Å². The minimum absolute atomic E-state index is 0.0992. The second-order valence-corrected chi connectivity index (χ2v) is 8.75. The predicted molar refractivity (Wildman–Crippen MR) is 132 cm³/mol. The average Bonchev–Trinajstić information content (AvgIpc) is 2.76.